The number of para-hydroxylation sites is 1. The molecule has 6 nitrogen and oxygen atoms in total. The minimum Gasteiger partial charge on any atom is -0.266 e. The highest BCUT2D eigenvalue weighted by atomic mass is 32.2. The molecule has 0 radical (unpaired) electrons. The van der Waals surface area contributed by atoms with Crippen molar-refractivity contribution in [2.24, 2.45) is 0 Å². The number of sulfonamides is 2. The van der Waals surface area contributed by atoms with Gasteiger partial charge in [0.25, 0.3) is 0 Å². The predicted molar refractivity (Wildman–Crippen MR) is 117 cm³/mol. The van der Waals surface area contributed by atoms with Crippen molar-refractivity contribution in [2.75, 3.05) is 17.1 Å². The van der Waals surface area contributed by atoms with Crippen LogP contribution < -0.4 is 4.31 Å². The van der Waals surface area contributed by atoms with Crippen LogP contribution in [0, 0.1) is 6.92 Å². The molecule has 2 heterocycles. The van der Waals surface area contributed by atoms with Gasteiger partial charge in [-0.15, -0.1) is 0 Å². The zero-order chi connectivity index (χ0) is 21.3. The first-order valence-corrected chi connectivity index (χ1v) is 13.6. The number of rotatable bonds is 3. The molecule has 2 aliphatic heterocycles. The zero-order valence-electron chi connectivity index (χ0n) is 17.2. The number of aryl methyl sites for hydroxylation is 1. The smallest absolute Gasteiger partial charge is 0.243 e. The molecule has 1 saturated heterocycles. The molecule has 8 heteroatoms. The Hall–Kier alpha value is -1.90. The van der Waals surface area contributed by atoms with E-state index in [0.29, 0.717) is 23.5 Å². The molecular weight excluding hydrogens is 420 g/mol. The number of fused-ring (bicyclic) bond motifs is 1. The van der Waals surface area contributed by atoms with Crippen LogP contribution in [0.1, 0.15) is 36.8 Å². The van der Waals surface area contributed by atoms with Crippen LogP contribution in [-0.2, 0) is 25.5 Å². The Morgan fingerprint density at radius 1 is 0.933 bits per heavy atom. The van der Waals surface area contributed by atoms with Gasteiger partial charge in [0.2, 0.25) is 20.0 Å². The highest BCUT2D eigenvalue weighted by Crippen LogP contribution is 2.59. The molecule has 0 amide bonds. The summed E-state index contributed by atoms with van der Waals surface area (Å²) in [5.74, 6) is 0. The molecule has 2 fully saturated rings. The average Bonchev–Trinajstić information content (AvgIpc) is 3.23. The molecule has 0 bridgehead atoms. The number of benzene rings is 2. The molecule has 3 aliphatic rings. The van der Waals surface area contributed by atoms with E-state index in [-0.39, 0.29) is 12.1 Å². The summed E-state index contributed by atoms with van der Waals surface area (Å²) < 4.78 is 55.9. The Balaban J connectivity index is 1.65. The highest BCUT2D eigenvalue weighted by molar-refractivity contribution is 7.92. The van der Waals surface area contributed by atoms with E-state index in [4.69, 9.17) is 0 Å². The van der Waals surface area contributed by atoms with Gasteiger partial charge in [-0.25, -0.2) is 16.8 Å². The second kappa shape index (κ2) is 6.55. The van der Waals surface area contributed by atoms with E-state index in [9.17, 15) is 16.8 Å². The standard InChI is InChI=1S/C22H26N2O4S2/c1-16-10-12-17(13-11-16)30(27,28)23-15-14-22-18-6-3-4-7-19(18)24(29(2,25)26)21(22)9-5-8-20(22)23/h3-4,6-7,10-13,20-21H,5,8-9,14-15H2,1-2H3/t20-,21-,22-/m0/s1. The Kier molecular flexibility index (Phi) is 4.37. The Labute approximate surface area is 178 Å². The second-order valence-electron chi connectivity index (χ2n) is 8.76. The molecule has 2 aromatic rings. The van der Waals surface area contributed by atoms with Gasteiger partial charge in [-0.2, -0.15) is 4.31 Å². The normalized spacial score (nSPS) is 28.8. The maximum Gasteiger partial charge on any atom is 0.243 e. The molecule has 0 unspecified atom stereocenters. The lowest BCUT2D eigenvalue weighted by molar-refractivity contribution is 0.204. The Bertz CT molecular complexity index is 1210. The van der Waals surface area contributed by atoms with Crippen molar-refractivity contribution in [1.29, 1.82) is 0 Å². The maximum atomic E-state index is 13.6. The fourth-order valence-corrected chi connectivity index (χ4v) is 9.00. The van der Waals surface area contributed by atoms with Gasteiger partial charge in [0, 0.05) is 18.0 Å². The van der Waals surface area contributed by atoms with Crippen LogP contribution in [0.5, 0.6) is 0 Å². The molecule has 30 heavy (non-hydrogen) atoms. The Morgan fingerprint density at radius 2 is 1.60 bits per heavy atom. The van der Waals surface area contributed by atoms with Crippen LogP contribution in [0.25, 0.3) is 0 Å². The lowest BCUT2D eigenvalue weighted by atomic mass is 9.65. The van der Waals surface area contributed by atoms with E-state index in [1.54, 1.807) is 20.7 Å². The van der Waals surface area contributed by atoms with E-state index in [0.717, 1.165) is 30.4 Å². The summed E-state index contributed by atoms with van der Waals surface area (Å²) in [5.41, 5.74) is 2.21. The van der Waals surface area contributed by atoms with Crippen LogP contribution in [0.2, 0.25) is 0 Å². The topological polar surface area (TPSA) is 74.8 Å². The first-order valence-electron chi connectivity index (χ1n) is 10.3. The van der Waals surface area contributed by atoms with E-state index in [2.05, 4.69) is 0 Å². The van der Waals surface area contributed by atoms with Gasteiger partial charge < -0.3 is 0 Å². The summed E-state index contributed by atoms with van der Waals surface area (Å²) in [6, 6.07) is 14.1. The molecule has 2 aromatic carbocycles. The SMILES string of the molecule is Cc1ccc(S(=O)(=O)N2CC[C@@]34c5ccccc5N(S(C)(=O)=O)[C@H]3CCC[C@H]24)cc1. The minimum atomic E-state index is -3.66. The molecule has 160 valence electrons. The molecule has 0 N–H and O–H groups in total. The van der Waals surface area contributed by atoms with Crippen molar-refractivity contribution < 1.29 is 16.8 Å². The average molecular weight is 447 g/mol. The van der Waals surface area contributed by atoms with E-state index in [1.165, 1.54) is 6.26 Å². The van der Waals surface area contributed by atoms with Crippen LogP contribution in [0.3, 0.4) is 0 Å². The van der Waals surface area contributed by atoms with Crippen molar-refractivity contribution in [3.8, 4) is 0 Å². The van der Waals surface area contributed by atoms with Crippen molar-refractivity contribution >= 4 is 25.7 Å². The van der Waals surface area contributed by atoms with Crippen LogP contribution >= 0.6 is 0 Å². The van der Waals surface area contributed by atoms with Gasteiger partial charge in [-0.05, 0) is 56.4 Å². The van der Waals surface area contributed by atoms with Gasteiger partial charge in [0.05, 0.1) is 22.9 Å². The van der Waals surface area contributed by atoms with Crippen LogP contribution in [0.15, 0.2) is 53.4 Å². The number of hydrogen-bond acceptors (Lipinski definition) is 4. The molecular formula is C22H26N2O4S2. The molecule has 3 atom stereocenters. The fourth-order valence-electron chi connectivity index (χ4n) is 6.02. The lowest BCUT2D eigenvalue weighted by Crippen LogP contribution is -2.56. The summed E-state index contributed by atoms with van der Waals surface area (Å²) in [6.07, 6.45) is 4.18. The molecule has 0 aromatic heterocycles. The van der Waals surface area contributed by atoms with Crippen molar-refractivity contribution in [3.05, 3.63) is 59.7 Å². The Morgan fingerprint density at radius 3 is 2.30 bits per heavy atom. The quantitative estimate of drug-likeness (QED) is 0.726. The van der Waals surface area contributed by atoms with Gasteiger partial charge in [-0.3, -0.25) is 4.31 Å². The first-order chi connectivity index (χ1) is 14.2. The maximum absolute atomic E-state index is 13.6. The molecule has 1 spiro atoms. The van der Waals surface area contributed by atoms with Crippen molar-refractivity contribution in [1.82, 2.24) is 4.31 Å². The number of anilines is 1. The molecule has 5 rings (SSSR count). The van der Waals surface area contributed by atoms with Crippen molar-refractivity contribution in [3.63, 3.8) is 0 Å². The largest absolute Gasteiger partial charge is 0.266 e. The third-order valence-electron chi connectivity index (χ3n) is 7.15. The molecule has 1 saturated carbocycles. The predicted octanol–water partition coefficient (Wildman–Crippen LogP) is 3.03. The summed E-state index contributed by atoms with van der Waals surface area (Å²) in [7, 11) is -7.13. The third kappa shape index (κ3) is 2.63. The molecule has 1 aliphatic carbocycles. The minimum absolute atomic E-state index is 0.234. The van der Waals surface area contributed by atoms with Crippen molar-refractivity contribution in [2.45, 2.75) is 55.0 Å². The number of nitrogens with zero attached hydrogens (tertiary/aromatic N) is 2. The van der Waals surface area contributed by atoms with Crippen LogP contribution in [0.4, 0.5) is 5.69 Å². The van der Waals surface area contributed by atoms with E-state index < -0.39 is 25.5 Å². The van der Waals surface area contributed by atoms with Gasteiger partial charge in [0.15, 0.2) is 0 Å². The van der Waals surface area contributed by atoms with Gasteiger partial charge >= 0.3 is 0 Å². The summed E-state index contributed by atoms with van der Waals surface area (Å²) >= 11 is 0. The monoisotopic (exact) mass is 446 g/mol. The van der Waals surface area contributed by atoms with Crippen LogP contribution in [-0.4, -0.2) is 46.0 Å². The number of hydrogen-bond donors (Lipinski definition) is 0. The van der Waals surface area contributed by atoms with E-state index >= 15 is 0 Å². The summed E-state index contributed by atoms with van der Waals surface area (Å²) in [4.78, 5) is 0.304. The van der Waals surface area contributed by atoms with Gasteiger partial charge in [-0.1, -0.05) is 35.9 Å². The van der Waals surface area contributed by atoms with E-state index in [1.807, 2.05) is 43.3 Å². The lowest BCUT2D eigenvalue weighted by Gasteiger charge is -2.45. The zero-order valence-corrected chi connectivity index (χ0v) is 18.8. The first kappa shape index (κ1) is 20.0. The highest BCUT2D eigenvalue weighted by Gasteiger charge is 2.64. The summed E-state index contributed by atoms with van der Waals surface area (Å²) in [6.45, 7) is 2.34. The summed E-state index contributed by atoms with van der Waals surface area (Å²) in [5, 5.41) is 0. The fraction of sp³-hybridized carbons (Fsp3) is 0.455. The second-order valence-corrected chi connectivity index (χ2v) is 12.5. The third-order valence-corrected chi connectivity index (χ3v) is 10.2. The van der Waals surface area contributed by atoms with Gasteiger partial charge in [0.1, 0.15) is 0 Å².